The third kappa shape index (κ3) is 4.21. The van der Waals surface area contributed by atoms with Crippen LogP contribution in [0.1, 0.15) is 25.7 Å². The Morgan fingerprint density at radius 1 is 1.24 bits per heavy atom. The lowest BCUT2D eigenvalue weighted by Crippen LogP contribution is -2.37. The molecule has 1 saturated carbocycles. The van der Waals surface area contributed by atoms with E-state index in [1.54, 1.807) is 7.11 Å². The Balaban J connectivity index is 1.70. The van der Waals surface area contributed by atoms with Gasteiger partial charge in [0.2, 0.25) is 0 Å². The van der Waals surface area contributed by atoms with Gasteiger partial charge in [-0.3, -0.25) is 4.90 Å². The lowest BCUT2D eigenvalue weighted by atomic mass is 10.2. The summed E-state index contributed by atoms with van der Waals surface area (Å²) in [5.74, 6) is 0. The van der Waals surface area contributed by atoms with Gasteiger partial charge in [0.25, 0.3) is 0 Å². The van der Waals surface area contributed by atoms with E-state index in [4.69, 9.17) is 9.47 Å². The van der Waals surface area contributed by atoms with Crippen LogP contribution in [0.2, 0.25) is 0 Å². The molecule has 0 amide bonds. The fraction of sp³-hybridized carbons (Fsp3) is 1.00. The van der Waals surface area contributed by atoms with Crippen LogP contribution in [-0.2, 0) is 9.47 Å². The predicted octanol–water partition coefficient (Wildman–Crippen LogP) is 0.864. The summed E-state index contributed by atoms with van der Waals surface area (Å²) in [6.45, 7) is 3.97. The van der Waals surface area contributed by atoms with Crippen molar-refractivity contribution >= 4 is 0 Å². The summed E-state index contributed by atoms with van der Waals surface area (Å²) in [7, 11) is 3.77. The largest absolute Gasteiger partial charge is 0.383 e. The van der Waals surface area contributed by atoms with Gasteiger partial charge >= 0.3 is 0 Å². The van der Waals surface area contributed by atoms with Crippen LogP contribution >= 0.6 is 0 Å². The minimum atomic E-state index is 0.425. The van der Waals surface area contributed by atoms with Crippen molar-refractivity contribution in [1.82, 2.24) is 10.2 Å². The molecule has 0 radical (unpaired) electrons. The zero-order chi connectivity index (χ0) is 12.1. The highest BCUT2D eigenvalue weighted by Crippen LogP contribution is 2.29. The molecular weight excluding hydrogens is 216 g/mol. The van der Waals surface area contributed by atoms with E-state index < -0.39 is 0 Å². The van der Waals surface area contributed by atoms with Crippen molar-refractivity contribution < 1.29 is 9.47 Å². The Bertz CT molecular complexity index is 221. The summed E-state index contributed by atoms with van der Waals surface area (Å²) in [4.78, 5) is 2.55. The number of hydrogen-bond acceptors (Lipinski definition) is 4. The predicted molar refractivity (Wildman–Crippen MR) is 68.3 cm³/mol. The van der Waals surface area contributed by atoms with Crippen molar-refractivity contribution in [2.75, 3.05) is 40.4 Å². The van der Waals surface area contributed by atoms with Crippen molar-refractivity contribution in [3.05, 3.63) is 0 Å². The van der Waals surface area contributed by atoms with Crippen molar-refractivity contribution in [3.8, 4) is 0 Å². The Hall–Kier alpha value is -0.160. The Morgan fingerprint density at radius 3 is 2.65 bits per heavy atom. The Kier molecular flexibility index (Phi) is 5.22. The first-order valence-corrected chi connectivity index (χ1v) is 6.86. The normalized spacial score (nSPS) is 29.1. The van der Waals surface area contributed by atoms with Crippen LogP contribution in [0.3, 0.4) is 0 Å². The van der Waals surface area contributed by atoms with Crippen LogP contribution in [0.5, 0.6) is 0 Å². The van der Waals surface area contributed by atoms with E-state index in [9.17, 15) is 0 Å². The summed E-state index contributed by atoms with van der Waals surface area (Å²) < 4.78 is 11.2. The standard InChI is InChI=1S/C13H26N2O2/c1-14-9-12-5-6-13(17-12)10-15(7-8-16-2)11-3-4-11/h11-14H,3-10H2,1-2H3. The highest BCUT2D eigenvalue weighted by Gasteiger charge is 2.33. The molecule has 0 aromatic heterocycles. The zero-order valence-electron chi connectivity index (χ0n) is 11.2. The van der Waals surface area contributed by atoms with E-state index in [0.29, 0.717) is 12.2 Å². The van der Waals surface area contributed by atoms with Gasteiger partial charge in [0.15, 0.2) is 0 Å². The average Bonchev–Trinajstić information content (AvgIpc) is 3.08. The fourth-order valence-electron chi connectivity index (χ4n) is 2.62. The van der Waals surface area contributed by atoms with Gasteiger partial charge in [-0.05, 0) is 32.7 Å². The molecule has 1 aliphatic carbocycles. The van der Waals surface area contributed by atoms with Gasteiger partial charge in [0.05, 0.1) is 18.8 Å². The van der Waals surface area contributed by atoms with Crippen molar-refractivity contribution in [3.63, 3.8) is 0 Å². The van der Waals surface area contributed by atoms with E-state index in [2.05, 4.69) is 10.2 Å². The van der Waals surface area contributed by atoms with Crippen molar-refractivity contribution in [1.29, 1.82) is 0 Å². The molecule has 0 aromatic rings. The van der Waals surface area contributed by atoms with Gasteiger partial charge in [0.1, 0.15) is 0 Å². The van der Waals surface area contributed by atoms with Crippen LogP contribution in [0.4, 0.5) is 0 Å². The molecule has 1 heterocycles. The third-order valence-corrected chi connectivity index (χ3v) is 3.71. The molecule has 2 unspecified atom stereocenters. The van der Waals surface area contributed by atoms with Crippen LogP contribution in [-0.4, -0.2) is 63.5 Å². The lowest BCUT2D eigenvalue weighted by Gasteiger charge is -2.25. The first kappa shape index (κ1) is 13.3. The van der Waals surface area contributed by atoms with E-state index >= 15 is 0 Å². The number of methoxy groups -OCH3 is 1. The summed E-state index contributed by atoms with van der Waals surface area (Å²) in [5.41, 5.74) is 0. The quantitative estimate of drug-likeness (QED) is 0.684. The van der Waals surface area contributed by atoms with Gasteiger partial charge in [-0.1, -0.05) is 0 Å². The number of likely N-dealkylation sites (N-methyl/N-ethyl adjacent to an activating group) is 1. The molecule has 1 saturated heterocycles. The third-order valence-electron chi connectivity index (χ3n) is 3.71. The van der Waals surface area contributed by atoms with Crippen LogP contribution < -0.4 is 5.32 Å². The lowest BCUT2D eigenvalue weighted by molar-refractivity contribution is 0.0175. The molecule has 0 aromatic carbocycles. The highest BCUT2D eigenvalue weighted by atomic mass is 16.5. The summed E-state index contributed by atoms with van der Waals surface area (Å²) in [5, 5.41) is 3.19. The van der Waals surface area contributed by atoms with E-state index in [-0.39, 0.29) is 0 Å². The van der Waals surface area contributed by atoms with Crippen LogP contribution in [0, 0.1) is 0 Å². The van der Waals surface area contributed by atoms with Crippen molar-refractivity contribution in [2.45, 2.75) is 43.9 Å². The molecule has 0 bridgehead atoms. The Morgan fingerprint density at radius 2 is 2.00 bits per heavy atom. The van der Waals surface area contributed by atoms with Crippen molar-refractivity contribution in [2.24, 2.45) is 0 Å². The molecule has 17 heavy (non-hydrogen) atoms. The topological polar surface area (TPSA) is 33.7 Å². The SMILES string of the molecule is CNCC1CCC(CN(CCOC)C2CC2)O1. The first-order valence-electron chi connectivity index (χ1n) is 6.86. The molecule has 1 aliphatic heterocycles. The fourth-order valence-corrected chi connectivity index (χ4v) is 2.62. The zero-order valence-corrected chi connectivity index (χ0v) is 11.2. The molecule has 1 N–H and O–H groups in total. The van der Waals surface area contributed by atoms with E-state index in [1.165, 1.54) is 25.7 Å². The molecule has 4 heteroatoms. The maximum Gasteiger partial charge on any atom is 0.0707 e. The molecule has 2 atom stereocenters. The van der Waals surface area contributed by atoms with Gasteiger partial charge in [-0.2, -0.15) is 0 Å². The molecular formula is C13H26N2O2. The number of ether oxygens (including phenoxy) is 2. The summed E-state index contributed by atoms with van der Waals surface area (Å²) in [6.07, 6.45) is 5.99. The molecule has 100 valence electrons. The molecule has 2 rings (SSSR count). The second-order valence-electron chi connectivity index (χ2n) is 5.23. The summed E-state index contributed by atoms with van der Waals surface area (Å²) >= 11 is 0. The van der Waals surface area contributed by atoms with Gasteiger partial charge in [0, 0.05) is 32.8 Å². The smallest absolute Gasteiger partial charge is 0.0707 e. The monoisotopic (exact) mass is 242 g/mol. The van der Waals surface area contributed by atoms with Crippen LogP contribution in [0.15, 0.2) is 0 Å². The first-order chi connectivity index (χ1) is 8.33. The second kappa shape index (κ2) is 6.69. The average molecular weight is 242 g/mol. The Labute approximate surface area is 105 Å². The number of nitrogens with one attached hydrogen (secondary N) is 1. The van der Waals surface area contributed by atoms with Crippen LogP contribution in [0.25, 0.3) is 0 Å². The maximum absolute atomic E-state index is 6.05. The minimum absolute atomic E-state index is 0.425. The molecule has 4 nitrogen and oxygen atoms in total. The highest BCUT2D eigenvalue weighted by molar-refractivity contribution is 4.87. The number of nitrogens with zero attached hydrogens (tertiary/aromatic N) is 1. The van der Waals surface area contributed by atoms with Gasteiger partial charge in [-0.15, -0.1) is 0 Å². The number of hydrogen-bond donors (Lipinski definition) is 1. The minimum Gasteiger partial charge on any atom is -0.383 e. The van der Waals surface area contributed by atoms with Gasteiger partial charge in [-0.25, -0.2) is 0 Å². The maximum atomic E-state index is 6.05. The summed E-state index contributed by atoms with van der Waals surface area (Å²) in [6, 6.07) is 0.803. The van der Waals surface area contributed by atoms with E-state index in [0.717, 1.165) is 32.3 Å². The van der Waals surface area contributed by atoms with E-state index in [1.807, 2.05) is 7.05 Å². The molecule has 0 spiro atoms. The second-order valence-corrected chi connectivity index (χ2v) is 5.23. The van der Waals surface area contributed by atoms with Gasteiger partial charge < -0.3 is 14.8 Å². The number of rotatable bonds is 8. The molecule has 2 aliphatic rings. The molecule has 2 fully saturated rings.